The van der Waals surface area contributed by atoms with Crippen molar-refractivity contribution < 1.29 is 79.7 Å². The lowest BCUT2D eigenvalue weighted by Crippen LogP contribution is -2.44. The number of sulfonamides is 2. The summed E-state index contributed by atoms with van der Waals surface area (Å²) < 4.78 is 224. The van der Waals surface area contributed by atoms with Gasteiger partial charge in [-0.2, -0.15) is 26.3 Å². The number of likely N-dealkylation sites (tertiary alicyclic amines) is 2. The summed E-state index contributed by atoms with van der Waals surface area (Å²) in [5.74, 6) is -5.22. The van der Waals surface area contributed by atoms with E-state index in [1.165, 1.54) is 99.7 Å². The molecule has 0 bridgehead atoms. The monoisotopic (exact) mass is 1380 g/mol. The molecular weight excluding hydrogens is 1310 g/mol. The lowest BCUT2D eigenvalue weighted by atomic mass is 9.84. The van der Waals surface area contributed by atoms with Gasteiger partial charge < -0.3 is 18.9 Å². The number of aryl methyl sites for hydroxylation is 2. The number of nitrogens with zero attached hydrogens (tertiary/aromatic N) is 8. The predicted octanol–water partition coefficient (Wildman–Crippen LogP) is 14.6. The van der Waals surface area contributed by atoms with Crippen LogP contribution < -0.4 is 27.6 Å². The van der Waals surface area contributed by atoms with E-state index in [-0.39, 0.29) is 88.5 Å². The Kier molecular flexibility index (Phi) is 20.2. The zero-order valence-electron chi connectivity index (χ0n) is 52.2. The standard InChI is InChI=1S/2C34H33F5N4O4S/c2*1-21-16-26(46-2)9-6-23(21)20-43(33-40-12-3-13-41-33)48(44,45)32-19-31-27(18-28(32)36)29(11-15-47-31)42-14-10-24(34(37,38)39)17-30(42)22-4-7-25(35)8-5-22/h2*3-9,12-13,16,18-19,24,29-30H,10-11,14-15,17,20H2,1-2H3/t24-,29+,30+;24-,29-,30+/m11/s1. The van der Waals surface area contributed by atoms with Crippen LogP contribution in [0.15, 0.2) is 156 Å². The second kappa shape index (κ2) is 28.2. The maximum absolute atomic E-state index is 16.2. The number of methoxy groups -OCH3 is 2. The summed E-state index contributed by atoms with van der Waals surface area (Å²) in [6.45, 7) is 3.47. The van der Waals surface area contributed by atoms with Gasteiger partial charge in [0.1, 0.15) is 56.1 Å². The third-order valence-electron chi connectivity index (χ3n) is 18.1. The molecule has 0 spiro atoms. The van der Waals surface area contributed by atoms with Gasteiger partial charge >= 0.3 is 12.4 Å². The Morgan fingerprint density at radius 3 is 1.20 bits per heavy atom. The number of fused-ring (bicyclic) bond motifs is 2. The van der Waals surface area contributed by atoms with Crippen molar-refractivity contribution in [3.05, 3.63) is 214 Å². The number of benzene rings is 6. The Labute approximate surface area is 548 Å². The molecule has 28 heteroatoms. The molecule has 16 nitrogen and oxygen atoms in total. The topological polar surface area (TPSA) is 170 Å². The van der Waals surface area contributed by atoms with E-state index in [9.17, 15) is 52.0 Å². The normalized spacial score (nSPS) is 20.1. The van der Waals surface area contributed by atoms with Gasteiger partial charge in [-0.3, -0.25) is 9.80 Å². The van der Waals surface area contributed by atoms with Crippen molar-refractivity contribution in [1.29, 1.82) is 0 Å². The Hall–Kier alpha value is -8.60. The minimum absolute atomic E-state index is 0.0400. The van der Waals surface area contributed by atoms with Crippen molar-refractivity contribution in [2.45, 2.75) is 112 Å². The molecule has 0 aliphatic carbocycles. The Bertz CT molecular complexity index is 4030. The summed E-state index contributed by atoms with van der Waals surface area (Å²) in [6, 6.07) is 25.8. The maximum Gasteiger partial charge on any atom is 0.391 e. The van der Waals surface area contributed by atoms with Crippen LogP contribution in [0.4, 0.5) is 55.8 Å². The first kappa shape index (κ1) is 68.8. The average molecular weight is 1380 g/mol. The molecule has 2 fully saturated rings. The molecule has 6 heterocycles. The summed E-state index contributed by atoms with van der Waals surface area (Å²) in [7, 11) is -6.22. The van der Waals surface area contributed by atoms with E-state index in [4.69, 9.17) is 18.9 Å². The number of anilines is 2. The first-order valence-corrected chi connectivity index (χ1v) is 33.6. The van der Waals surface area contributed by atoms with Crippen LogP contribution in [-0.4, -0.2) is 99.4 Å². The summed E-state index contributed by atoms with van der Waals surface area (Å²) in [6.07, 6.45) is -3.51. The third kappa shape index (κ3) is 14.7. The van der Waals surface area contributed by atoms with Gasteiger partial charge in [-0.15, -0.1) is 0 Å². The Morgan fingerprint density at radius 1 is 0.500 bits per heavy atom. The van der Waals surface area contributed by atoms with E-state index in [2.05, 4.69) is 19.9 Å². The van der Waals surface area contributed by atoms with Crippen molar-refractivity contribution in [1.82, 2.24) is 29.7 Å². The van der Waals surface area contributed by atoms with Gasteiger partial charge in [0.05, 0.1) is 52.4 Å². The summed E-state index contributed by atoms with van der Waals surface area (Å²) in [4.78, 5) is 18.9. The molecule has 12 rings (SSSR count). The molecule has 6 atom stereocenters. The van der Waals surface area contributed by atoms with E-state index < -0.39 is 101 Å². The average Bonchev–Trinajstić information content (AvgIpc) is 0.757. The molecular formula is C68H66F10N8O8S2. The van der Waals surface area contributed by atoms with Crippen molar-refractivity contribution >= 4 is 31.9 Å². The van der Waals surface area contributed by atoms with Gasteiger partial charge in [0.15, 0.2) is 0 Å². The second-order valence-electron chi connectivity index (χ2n) is 23.8. The number of ether oxygens (including phenoxy) is 4. The lowest BCUT2D eigenvalue weighted by molar-refractivity contribution is -0.193. The predicted molar refractivity (Wildman–Crippen MR) is 334 cm³/mol. The zero-order valence-corrected chi connectivity index (χ0v) is 53.9. The number of piperidine rings is 2. The molecule has 0 saturated carbocycles. The number of aromatic nitrogens is 4. The molecule has 6 aromatic carbocycles. The Balaban J connectivity index is 0.000000195. The van der Waals surface area contributed by atoms with Crippen LogP contribution in [-0.2, 0) is 33.1 Å². The smallest absolute Gasteiger partial charge is 0.391 e. The van der Waals surface area contributed by atoms with Crippen molar-refractivity contribution in [2.24, 2.45) is 11.8 Å². The fourth-order valence-corrected chi connectivity index (χ4v) is 15.9. The van der Waals surface area contributed by atoms with Crippen LogP contribution in [0.1, 0.15) is 107 Å². The molecule has 4 aliphatic rings. The van der Waals surface area contributed by atoms with Crippen LogP contribution in [0.3, 0.4) is 0 Å². The van der Waals surface area contributed by atoms with E-state index in [1.54, 1.807) is 50.2 Å². The maximum atomic E-state index is 16.2. The van der Waals surface area contributed by atoms with Gasteiger partial charge in [-0.05, 0) is 159 Å². The highest BCUT2D eigenvalue weighted by atomic mass is 32.2. The minimum atomic E-state index is -4.62. The highest BCUT2D eigenvalue weighted by molar-refractivity contribution is 7.93. The minimum Gasteiger partial charge on any atom is -0.497 e. The van der Waals surface area contributed by atoms with Gasteiger partial charge in [-0.25, -0.2) is 62.9 Å². The summed E-state index contributed by atoms with van der Waals surface area (Å²) >= 11 is 0. The molecule has 0 N–H and O–H groups in total. The molecule has 0 unspecified atom stereocenters. The summed E-state index contributed by atoms with van der Waals surface area (Å²) in [5, 5.41) is 0. The first-order valence-electron chi connectivity index (χ1n) is 30.7. The number of alkyl halides is 6. The number of hydrogen-bond acceptors (Lipinski definition) is 14. The highest BCUT2D eigenvalue weighted by Crippen LogP contribution is 2.51. The van der Waals surface area contributed by atoms with Gasteiger partial charge in [-0.1, -0.05) is 36.4 Å². The SMILES string of the molecule is COc1ccc(CN(c2ncccn2)S(=O)(=O)c2cc3c(cc2F)[C@@H](N2CC[C@@H](C(F)(F)F)C[C@H]2c2ccc(F)cc2)CCO3)c(C)c1.COc1ccc(CN(c2ncccn2)S(=O)(=O)c2cc3c(cc2F)[C@H](N2CC[C@@H](C(F)(F)F)C[C@H]2c2ccc(F)cc2)CCO3)c(C)c1. The quantitative estimate of drug-likeness (QED) is 0.0837. The zero-order chi connectivity index (χ0) is 68.4. The molecule has 2 saturated heterocycles. The largest absolute Gasteiger partial charge is 0.497 e. The third-order valence-corrected chi connectivity index (χ3v) is 21.6. The van der Waals surface area contributed by atoms with Crippen molar-refractivity contribution in [2.75, 3.05) is 49.1 Å². The fraction of sp³-hybridized carbons (Fsp3) is 0.353. The van der Waals surface area contributed by atoms with E-state index in [1.807, 2.05) is 9.80 Å². The van der Waals surface area contributed by atoms with Crippen LogP contribution in [0, 0.1) is 49.0 Å². The van der Waals surface area contributed by atoms with Gasteiger partial charge in [0.25, 0.3) is 20.0 Å². The lowest BCUT2D eigenvalue weighted by Gasteiger charge is -2.46. The van der Waals surface area contributed by atoms with Crippen LogP contribution in [0.25, 0.3) is 0 Å². The molecule has 2 aromatic heterocycles. The van der Waals surface area contributed by atoms with Crippen LogP contribution in [0.5, 0.6) is 23.0 Å². The summed E-state index contributed by atoms with van der Waals surface area (Å²) in [5.41, 5.74) is 4.33. The number of hydrogen-bond donors (Lipinski definition) is 0. The molecule has 508 valence electrons. The molecule has 0 radical (unpaired) electrons. The second-order valence-corrected chi connectivity index (χ2v) is 27.5. The van der Waals surface area contributed by atoms with E-state index in [0.717, 1.165) is 44.0 Å². The van der Waals surface area contributed by atoms with Crippen molar-refractivity contribution in [3.63, 3.8) is 0 Å². The fourth-order valence-electron chi connectivity index (χ4n) is 13.0. The van der Waals surface area contributed by atoms with Crippen molar-refractivity contribution in [3.8, 4) is 23.0 Å². The van der Waals surface area contributed by atoms with E-state index >= 15 is 8.78 Å². The first-order chi connectivity index (χ1) is 45.7. The van der Waals surface area contributed by atoms with E-state index in [0.29, 0.717) is 57.7 Å². The van der Waals surface area contributed by atoms with Gasteiger partial charge in [0.2, 0.25) is 11.9 Å². The van der Waals surface area contributed by atoms with Crippen LogP contribution in [0.2, 0.25) is 0 Å². The number of rotatable bonds is 16. The molecule has 96 heavy (non-hydrogen) atoms. The highest BCUT2D eigenvalue weighted by Gasteiger charge is 2.49. The molecule has 8 aromatic rings. The van der Waals surface area contributed by atoms with Crippen LogP contribution >= 0.6 is 0 Å². The van der Waals surface area contributed by atoms with Gasteiger partial charge in [0, 0.05) is 85.1 Å². The Morgan fingerprint density at radius 2 is 0.865 bits per heavy atom. The molecule has 4 aliphatic heterocycles. The molecule has 0 amide bonds. The number of halogens is 10.